The van der Waals surface area contributed by atoms with Gasteiger partial charge in [-0.1, -0.05) is 40.6 Å². The molecule has 0 fully saturated rings. The fourth-order valence-electron chi connectivity index (χ4n) is 3.03. The van der Waals surface area contributed by atoms with Crippen molar-refractivity contribution in [1.29, 1.82) is 0 Å². The number of carboxylic acid groups (broad SMARTS) is 1. The summed E-state index contributed by atoms with van der Waals surface area (Å²) >= 11 is 13.4. The monoisotopic (exact) mass is 440 g/mol. The van der Waals surface area contributed by atoms with Crippen LogP contribution in [0.25, 0.3) is 10.2 Å². The Hall–Kier alpha value is -2.42. The molecule has 3 aromatic rings. The van der Waals surface area contributed by atoms with E-state index in [2.05, 4.69) is 4.98 Å². The first-order chi connectivity index (χ1) is 13.2. The average molecular weight is 441 g/mol. The van der Waals surface area contributed by atoms with Gasteiger partial charge in [0.05, 0.1) is 21.2 Å². The number of carbonyl (C=O) groups excluding carboxylic acids is 1. The summed E-state index contributed by atoms with van der Waals surface area (Å²) in [6.45, 7) is 1.34. The minimum atomic E-state index is -1.74. The van der Waals surface area contributed by atoms with Crippen LogP contribution in [-0.2, 0) is 9.59 Å². The van der Waals surface area contributed by atoms with Gasteiger partial charge in [0, 0.05) is 0 Å². The Bertz CT molecular complexity index is 1110. The number of fused-ring (bicyclic) bond motifs is 2. The Morgan fingerprint density at radius 2 is 2.04 bits per heavy atom. The maximum atomic E-state index is 14.6. The second-order valence-corrected chi connectivity index (χ2v) is 8.13. The van der Waals surface area contributed by atoms with Crippen molar-refractivity contribution in [3.63, 3.8) is 0 Å². The van der Waals surface area contributed by atoms with Crippen LogP contribution in [0, 0.1) is 5.82 Å². The molecule has 1 atom stereocenters. The van der Waals surface area contributed by atoms with Gasteiger partial charge in [0.15, 0.2) is 16.5 Å². The second kappa shape index (κ2) is 6.58. The van der Waals surface area contributed by atoms with Crippen LogP contribution in [-0.4, -0.2) is 27.6 Å². The molecule has 0 radical (unpaired) electrons. The van der Waals surface area contributed by atoms with E-state index >= 15 is 0 Å². The molecule has 4 rings (SSSR count). The lowest BCUT2D eigenvalue weighted by Crippen LogP contribution is -2.54. The highest BCUT2D eigenvalue weighted by atomic mass is 35.5. The van der Waals surface area contributed by atoms with Gasteiger partial charge in [-0.2, -0.15) is 0 Å². The molecule has 0 spiro atoms. The standard InChI is InChI=1S/C18H11Cl2FN2O4S/c1-18(7-12(24)25)16(26)23(14-10(21)3-2-4-11(14)27-18)17-22-13-8(19)5-6-9(20)15(13)28-17/h2-6H,7H2,1H3,(H,24,25). The van der Waals surface area contributed by atoms with E-state index in [1.807, 2.05) is 0 Å². The van der Waals surface area contributed by atoms with Gasteiger partial charge in [0.2, 0.25) is 0 Å². The SMILES string of the molecule is CC1(CC(=O)O)Oc2cccc(F)c2N(c2nc3c(Cl)ccc(Cl)c3s2)C1=O. The Balaban J connectivity index is 1.96. The van der Waals surface area contributed by atoms with Crippen LogP contribution < -0.4 is 9.64 Å². The fourth-order valence-corrected chi connectivity index (χ4v) is 4.56. The van der Waals surface area contributed by atoms with Crippen molar-refractivity contribution in [2.75, 3.05) is 4.90 Å². The smallest absolute Gasteiger partial charge is 0.307 e. The first-order valence-electron chi connectivity index (χ1n) is 8.00. The Morgan fingerprint density at radius 1 is 1.32 bits per heavy atom. The molecule has 6 nitrogen and oxygen atoms in total. The van der Waals surface area contributed by atoms with Gasteiger partial charge >= 0.3 is 5.97 Å². The van der Waals surface area contributed by atoms with Crippen molar-refractivity contribution in [2.24, 2.45) is 0 Å². The van der Waals surface area contributed by atoms with Crippen LogP contribution in [0.2, 0.25) is 10.0 Å². The average Bonchev–Trinajstić information content (AvgIpc) is 3.05. The predicted molar refractivity (Wildman–Crippen MR) is 104 cm³/mol. The number of para-hydroxylation sites is 1. The number of nitrogens with zero attached hydrogens (tertiary/aromatic N) is 2. The molecule has 0 bridgehead atoms. The lowest BCUT2D eigenvalue weighted by atomic mass is 9.97. The number of anilines is 2. The van der Waals surface area contributed by atoms with E-state index in [0.29, 0.717) is 20.3 Å². The molecule has 2 heterocycles. The van der Waals surface area contributed by atoms with Crippen molar-refractivity contribution in [1.82, 2.24) is 4.98 Å². The number of hydrogen-bond donors (Lipinski definition) is 1. The number of carbonyl (C=O) groups is 2. The highest BCUT2D eigenvalue weighted by Gasteiger charge is 2.48. The lowest BCUT2D eigenvalue weighted by molar-refractivity contribution is -0.148. The molecule has 1 aliphatic rings. The highest BCUT2D eigenvalue weighted by Crippen LogP contribution is 2.47. The van der Waals surface area contributed by atoms with Crippen molar-refractivity contribution >= 4 is 67.5 Å². The molecular formula is C18H11Cl2FN2O4S. The van der Waals surface area contributed by atoms with Gasteiger partial charge in [-0.15, -0.1) is 0 Å². The van der Waals surface area contributed by atoms with Gasteiger partial charge in [-0.25, -0.2) is 14.3 Å². The number of halogens is 3. The largest absolute Gasteiger partial charge is 0.481 e. The van der Waals surface area contributed by atoms with Gasteiger partial charge < -0.3 is 9.84 Å². The summed E-state index contributed by atoms with van der Waals surface area (Å²) in [6, 6.07) is 7.22. The van der Waals surface area contributed by atoms with Crippen LogP contribution in [0.15, 0.2) is 30.3 Å². The first kappa shape index (κ1) is 18.9. The third kappa shape index (κ3) is 2.88. The number of aliphatic carboxylic acids is 1. The van der Waals surface area contributed by atoms with E-state index in [1.165, 1.54) is 25.1 Å². The summed E-state index contributed by atoms with van der Waals surface area (Å²) in [4.78, 5) is 29.9. The molecule has 10 heteroatoms. The number of aromatic nitrogens is 1. The van der Waals surface area contributed by atoms with Gasteiger partial charge in [0.25, 0.3) is 5.91 Å². The van der Waals surface area contributed by atoms with Gasteiger partial charge in [-0.05, 0) is 31.2 Å². The molecule has 144 valence electrons. The Morgan fingerprint density at radius 3 is 2.71 bits per heavy atom. The van der Waals surface area contributed by atoms with E-state index in [-0.39, 0.29) is 16.6 Å². The topological polar surface area (TPSA) is 79.7 Å². The quantitative estimate of drug-likeness (QED) is 0.617. The molecule has 1 unspecified atom stereocenters. The summed E-state index contributed by atoms with van der Waals surface area (Å²) in [5.74, 6) is -2.65. The summed E-state index contributed by atoms with van der Waals surface area (Å²) in [5.41, 5.74) is -1.51. The number of thiazole rings is 1. The van der Waals surface area contributed by atoms with Crippen molar-refractivity contribution in [2.45, 2.75) is 18.9 Å². The zero-order valence-corrected chi connectivity index (χ0v) is 16.5. The minimum Gasteiger partial charge on any atom is -0.481 e. The predicted octanol–water partition coefficient (Wildman–Crippen LogP) is 5.03. The molecular weight excluding hydrogens is 430 g/mol. The zero-order chi connectivity index (χ0) is 20.2. The normalized spacial score (nSPS) is 18.9. The second-order valence-electron chi connectivity index (χ2n) is 6.33. The van der Waals surface area contributed by atoms with E-state index < -0.39 is 29.7 Å². The maximum Gasteiger partial charge on any atom is 0.307 e. The molecule has 0 aliphatic carbocycles. The lowest BCUT2D eigenvalue weighted by Gasteiger charge is -2.38. The van der Waals surface area contributed by atoms with E-state index in [4.69, 9.17) is 27.9 Å². The molecule has 1 N–H and O–H groups in total. The molecule has 28 heavy (non-hydrogen) atoms. The summed E-state index contributed by atoms with van der Waals surface area (Å²) in [6.07, 6.45) is -0.606. The molecule has 1 aromatic heterocycles. The van der Waals surface area contributed by atoms with E-state index in [0.717, 1.165) is 16.2 Å². The fraction of sp³-hybridized carbons (Fsp3) is 0.167. The number of carboxylic acids is 1. The Kier molecular flexibility index (Phi) is 4.45. The molecule has 2 aromatic carbocycles. The van der Waals surface area contributed by atoms with Crippen LogP contribution in [0.5, 0.6) is 5.75 Å². The number of rotatable bonds is 3. The van der Waals surface area contributed by atoms with Crippen LogP contribution in [0.4, 0.5) is 15.2 Å². The van der Waals surface area contributed by atoms with E-state index in [9.17, 15) is 19.1 Å². The zero-order valence-electron chi connectivity index (χ0n) is 14.2. The van der Waals surface area contributed by atoms with Gasteiger partial charge in [-0.3, -0.25) is 9.59 Å². The first-order valence-corrected chi connectivity index (χ1v) is 9.57. The van der Waals surface area contributed by atoms with Crippen molar-refractivity contribution in [3.8, 4) is 5.75 Å². The number of ether oxygens (including phenoxy) is 1. The van der Waals surface area contributed by atoms with Crippen molar-refractivity contribution in [3.05, 3.63) is 46.2 Å². The molecule has 1 aliphatic heterocycles. The van der Waals surface area contributed by atoms with Gasteiger partial charge in [0.1, 0.15) is 17.0 Å². The third-order valence-electron chi connectivity index (χ3n) is 4.28. The van der Waals surface area contributed by atoms with E-state index in [1.54, 1.807) is 12.1 Å². The molecule has 0 saturated heterocycles. The number of benzene rings is 2. The maximum absolute atomic E-state index is 14.6. The summed E-state index contributed by atoms with van der Waals surface area (Å²) < 4.78 is 20.8. The molecule has 1 amide bonds. The van der Waals surface area contributed by atoms with Crippen LogP contribution >= 0.6 is 34.5 Å². The molecule has 0 saturated carbocycles. The third-order valence-corrected chi connectivity index (χ3v) is 6.08. The number of hydrogen-bond acceptors (Lipinski definition) is 5. The van der Waals surface area contributed by atoms with Crippen LogP contribution in [0.3, 0.4) is 0 Å². The summed E-state index contributed by atoms with van der Waals surface area (Å²) in [5, 5.41) is 10.0. The highest BCUT2D eigenvalue weighted by molar-refractivity contribution is 7.23. The minimum absolute atomic E-state index is 0.0415. The summed E-state index contributed by atoms with van der Waals surface area (Å²) in [7, 11) is 0. The Labute approximate surface area is 172 Å². The van der Waals surface area contributed by atoms with Crippen LogP contribution in [0.1, 0.15) is 13.3 Å². The number of amides is 1. The van der Waals surface area contributed by atoms with Crippen molar-refractivity contribution < 1.29 is 23.8 Å².